The summed E-state index contributed by atoms with van der Waals surface area (Å²) in [6.45, 7) is 0. The maximum absolute atomic E-state index is 11.9. The zero-order valence-corrected chi connectivity index (χ0v) is 11.2. The minimum absolute atomic E-state index is 0.0147. The van der Waals surface area contributed by atoms with E-state index in [9.17, 15) is 4.79 Å². The fourth-order valence-electron chi connectivity index (χ4n) is 1.63. The number of hydrogen-bond donors (Lipinski definition) is 0. The number of aromatic nitrogens is 3. The molecule has 0 saturated carbocycles. The van der Waals surface area contributed by atoms with Gasteiger partial charge >= 0.3 is 0 Å². The van der Waals surface area contributed by atoms with E-state index in [1.165, 1.54) is 29.1 Å². The first kappa shape index (κ1) is 12.2. The maximum Gasteiger partial charge on any atom is 0.243 e. The van der Waals surface area contributed by atoms with Crippen molar-refractivity contribution >= 4 is 40.1 Å². The van der Waals surface area contributed by atoms with Crippen LogP contribution in [0.15, 0.2) is 42.0 Å². The molecule has 0 bridgehead atoms. The molecule has 0 unspecified atom stereocenters. The molecule has 1 aromatic heterocycles. The molecular formula is C11H8ClN5OS. The molecule has 6 nitrogen and oxygen atoms in total. The van der Waals surface area contributed by atoms with Gasteiger partial charge in [-0.3, -0.25) is 9.69 Å². The van der Waals surface area contributed by atoms with E-state index < -0.39 is 0 Å². The number of carbonyl (C=O) groups excluding carboxylic acids is 1. The largest absolute Gasteiger partial charge is 0.273 e. The van der Waals surface area contributed by atoms with Crippen LogP contribution in [-0.4, -0.2) is 31.7 Å². The van der Waals surface area contributed by atoms with Crippen molar-refractivity contribution in [2.75, 3.05) is 10.7 Å². The van der Waals surface area contributed by atoms with Crippen LogP contribution in [0.2, 0.25) is 5.02 Å². The van der Waals surface area contributed by atoms with Crippen LogP contribution in [0, 0.1) is 0 Å². The Morgan fingerprint density at radius 2 is 1.89 bits per heavy atom. The molecule has 0 spiro atoms. The van der Waals surface area contributed by atoms with Crippen LogP contribution in [0.3, 0.4) is 0 Å². The Morgan fingerprint density at radius 3 is 2.58 bits per heavy atom. The summed E-state index contributed by atoms with van der Waals surface area (Å²) in [5.74, 6) is 0.350. The van der Waals surface area contributed by atoms with Crippen LogP contribution in [0.4, 0.5) is 5.69 Å². The van der Waals surface area contributed by atoms with E-state index >= 15 is 0 Å². The van der Waals surface area contributed by atoms with E-state index in [0.717, 1.165) is 5.69 Å². The van der Waals surface area contributed by atoms with Gasteiger partial charge in [0, 0.05) is 5.02 Å². The molecule has 0 N–H and O–H groups in total. The Kier molecular flexibility index (Phi) is 3.22. The van der Waals surface area contributed by atoms with Gasteiger partial charge < -0.3 is 0 Å². The zero-order chi connectivity index (χ0) is 13.2. The summed E-state index contributed by atoms with van der Waals surface area (Å²) >= 11 is 7.22. The number of carbonyl (C=O) groups is 1. The first-order chi connectivity index (χ1) is 9.24. The van der Waals surface area contributed by atoms with Crippen molar-refractivity contribution in [3.05, 3.63) is 41.9 Å². The molecule has 19 heavy (non-hydrogen) atoms. The molecule has 1 aromatic carbocycles. The molecule has 1 saturated heterocycles. The van der Waals surface area contributed by atoms with Gasteiger partial charge in [0.2, 0.25) is 5.91 Å². The predicted molar refractivity (Wildman–Crippen MR) is 74.3 cm³/mol. The Bertz CT molecular complexity index is 625. The lowest BCUT2D eigenvalue weighted by molar-refractivity contribution is -0.115. The lowest BCUT2D eigenvalue weighted by Crippen LogP contribution is -2.29. The summed E-state index contributed by atoms with van der Waals surface area (Å²) in [5.41, 5.74) is 0.742. The number of halogens is 1. The number of benzene rings is 1. The highest BCUT2D eigenvalue weighted by Crippen LogP contribution is 2.27. The molecule has 2 heterocycles. The van der Waals surface area contributed by atoms with Gasteiger partial charge in [-0.15, -0.1) is 15.3 Å². The normalized spacial score (nSPS) is 17.4. The Balaban J connectivity index is 1.97. The summed E-state index contributed by atoms with van der Waals surface area (Å²) in [6.07, 6.45) is 2.94. The van der Waals surface area contributed by atoms with Gasteiger partial charge in [0.15, 0.2) is 5.17 Å². The smallest absolute Gasteiger partial charge is 0.243 e. The third kappa shape index (κ3) is 2.47. The number of rotatable bonds is 2. The van der Waals surface area contributed by atoms with Gasteiger partial charge in [0.1, 0.15) is 12.7 Å². The maximum atomic E-state index is 11.9. The van der Waals surface area contributed by atoms with Crippen LogP contribution in [0.5, 0.6) is 0 Å². The SMILES string of the molecule is O=C1CS/C(=N/n2cnnc2)N1c1ccc(Cl)cc1. The lowest BCUT2D eigenvalue weighted by atomic mass is 10.3. The minimum atomic E-state index is -0.0147. The molecule has 1 fully saturated rings. The highest BCUT2D eigenvalue weighted by atomic mass is 35.5. The van der Waals surface area contributed by atoms with E-state index in [2.05, 4.69) is 15.3 Å². The number of amides is 1. The van der Waals surface area contributed by atoms with Gasteiger partial charge in [-0.25, -0.2) is 4.68 Å². The van der Waals surface area contributed by atoms with Crippen LogP contribution in [0.1, 0.15) is 0 Å². The van der Waals surface area contributed by atoms with Crippen molar-refractivity contribution in [2.24, 2.45) is 5.10 Å². The second-order valence-corrected chi connectivity index (χ2v) is 5.10. The summed E-state index contributed by atoms with van der Waals surface area (Å²) < 4.78 is 1.46. The number of anilines is 1. The van der Waals surface area contributed by atoms with E-state index in [4.69, 9.17) is 11.6 Å². The van der Waals surface area contributed by atoms with Crippen molar-refractivity contribution in [1.82, 2.24) is 14.9 Å². The van der Waals surface area contributed by atoms with E-state index in [1.54, 1.807) is 29.2 Å². The molecule has 0 atom stereocenters. The van der Waals surface area contributed by atoms with Crippen molar-refractivity contribution in [3.8, 4) is 0 Å². The summed E-state index contributed by atoms with van der Waals surface area (Å²) in [7, 11) is 0. The van der Waals surface area contributed by atoms with Gasteiger partial charge in [0.25, 0.3) is 0 Å². The fourth-order valence-corrected chi connectivity index (χ4v) is 2.62. The molecule has 1 aliphatic rings. The van der Waals surface area contributed by atoms with Crippen LogP contribution in [-0.2, 0) is 4.79 Å². The average Bonchev–Trinajstić information content (AvgIpc) is 3.02. The summed E-state index contributed by atoms with van der Waals surface area (Å²) in [5, 5.41) is 12.8. The molecule has 96 valence electrons. The van der Waals surface area contributed by atoms with E-state index in [1.807, 2.05) is 0 Å². The topological polar surface area (TPSA) is 63.4 Å². The molecule has 1 amide bonds. The van der Waals surface area contributed by atoms with E-state index in [0.29, 0.717) is 15.9 Å². The number of hydrogen-bond acceptors (Lipinski definition) is 5. The van der Waals surface area contributed by atoms with Crippen molar-refractivity contribution < 1.29 is 4.79 Å². The second-order valence-electron chi connectivity index (χ2n) is 3.72. The molecule has 1 aliphatic heterocycles. The van der Waals surface area contributed by atoms with Crippen LogP contribution < -0.4 is 4.90 Å². The van der Waals surface area contributed by atoms with Crippen molar-refractivity contribution in [1.29, 1.82) is 0 Å². The monoisotopic (exact) mass is 293 g/mol. The van der Waals surface area contributed by atoms with Gasteiger partial charge in [-0.05, 0) is 24.3 Å². The highest BCUT2D eigenvalue weighted by Gasteiger charge is 2.30. The van der Waals surface area contributed by atoms with Gasteiger partial charge in [-0.1, -0.05) is 23.4 Å². The zero-order valence-electron chi connectivity index (χ0n) is 9.60. The van der Waals surface area contributed by atoms with Crippen LogP contribution >= 0.6 is 23.4 Å². The predicted octanol–water partition coefficient (Wildman–Crippen LogP) is 1.83. The minimum Gasteiger partial charge on any atom is -0.273 e. The molecular weight excluding hydrogens is 286 g/mol. The first-order valence-electron chi connectivity index (χ1n) is 5.39. The third-order valence-electron chi connectivity index (χ3n) is 2.46. The van der Waals surface area contributed by atoms with Crippen molar-refractivity contribution in [3.63, 3.8) is 0 Å². The Hall–Kier alpha value is -1.86. The first-order valence-corrected chi connectivity index (χ1v) is 6.75. The van der Waals surface area contributed by atoms with E-state index in [-0.39, 0.29) is 5.91 Å². The highest BCUT2D eigenvalue weighted by molar-refractivity contribution is 8.15. The Morgan fingerprint density at radius 1 is 1.21 bits per heavy atom. The fraction of sp³-hybridized carbons (Fsp3) is 0.0909. The molecule has 0 aliphatic carbocycles. The van der Waals surface area contributed by atoms with Gasteiger partial charge in [-0.2, -0.15) is 0 Å². The number of nitrogens with zero attached hydrogens (tertiary/aromatic N) is 5. The Labute approximate surface area is 118 Å². The quantitative estimate of drug-likeness (QED) is 0.847. The van der Waals surface area contributed by atoms with Gasteiger partial charge in [0.05, 0.1) is 11.4 Å². The third-order valence-corrected chi connectivity index (χ3v) is 3.62. The second kappa shape index (κ2) is 5.02. The summed E-state index contributed by atoms with van der Waals surface area (Å²) in [6, 6.07) is 7.05. The van der Waals surface area contributed by atoms with Crippen molar-refractivity contribution in [2.45, 2.75) is 0 Å². The lowest BCUT2D eigenvalue weighted by Gasteiger charge is -2.15. The standard InChI is InChI=1S/C11H8ClN5OS/c12-8-1-3-9(4-2-8)17-10(18)5-19-11(17)15-16-6-13-14-7-16/h1-4,6-7H,5H2/b15-11+. The average molecular weight is 294 g/mol. The number of thioether (sulfide) groups is 1. The molecule has 0 radical (unpaired) electrons. The number of amidine groups is 1. The molecule has 3 rings (SSSR count). The summed E-state index contributed by atoms with van der Waals surface area (Å²) in [4.78, 5) is 13.5. The van der Waals surface area contributed by atoms with Crippen LogP contribution in [0.25, 0.3) is 0 Å². The molecule has 8 heteroatoms. The molecule has 2 aromatic rings.